The zero-order valence-corrected chi connectivity index (χ0v) is 11.0. The van der Waals surface area contributed by atoms with Gasteiger partial charge in [0.1, 0.15) is 5.75 Å². The minimum atomic E-state index is 0. The molecule has 2 aromatic rings. The van der Waals surface area contributed by atoms with Crippen LogP contribution >= 0.6 is 12.4 Å². The van der Waals surface area contributed by atoms with Crippen molar-refractivity contribution in [3.8, 4) is 5.75 Å². The first-order chi connectivity index (χ1) is 8.20. The number of nitrogens with two attached hydrogens (primary N) is 1. The monoisotopic (exact) mass is 263 g/mol. The number of phenols is 1. The lowest BCUT2D eigenvalue weighted by Gasteiger charge is -2.11. The van der Waals surface area contributed by atoms with Gasteiger partial charge in [-0.2, -0.15) is 0 Å². The van der Waals surface area contributed by atoms with Crippen molar-refractivity contribution in [1.29, 1.82) is 0 Å². The van der Waals surface area contributed by atoms with Crippen LogP contribution in [0.4, 0.5) is 0 Å². The smallest absolute Gasteiger partial charge is 0.116 e. The second-order valence-electron chi connectivity index (χ2n) is 4.26. The van der Waals surface area contributed by atoms with E-state index < -0.39 is 0 Å². The summed E-state index contributed by atoms with van der Waals surface area (Å²) >= 11 is 0. The van der Waals surface area contributed by atoms with Crippen LogP contribution in [0.1, 0.15) is 24.4 Å². The van der Waals surface area contributed by atoms with Crippen molar-refractivity contribution in [1.82, 2.24) is 0 Å². The van der Waals surface area contributed by atoms with Crippen LogP contribution in [0.3, 0.4) is 0 Å². The molecule has 2 aromatic carbocycles. The third-order valence-electron chi connectivity index (χ3n) is 2.96. The van der Waals surface area contributed by atoms with Crippen LogP contribution in [0.15, 0.2) is 49.1 Å². The molecule has 0 amide bonds. The van der Waals surface area contributed by atoms with Crippen LogP contribution in [0, 0.1) is 0 Å². The van der Waals surface area contributed by atoms with Gasteiger partial charge in [-0.05, 0) is 47.4 Å². The first kappa shape index (κ1) is 14.6. The minimum absolute atomic E-state index is 0. The van der Waals surface area contributed by atoms with Crippen LogP contribution in [0.2, 0.25) is 0 Å². The molecule has 0 saturated carbocycles. The van der Waals surface area contributed by atoms with E-state index in [9.17, 15) is 5.11 Å². The first-order valence-corrected chi connectivity index (χ1v) is 5.80. The highest BCUT2D eigenvalue weighted by Crippen LogP contribution is 2.24. The van der Waals surface area contributed by atoms with Gasteiger partial charge in [-0.15, -0.1) is 19.0 Å². The Hall–Kier alpha value is -1.51. The van der Waals surface area contributed by atoms with E-state index >= 15 is 0 Å². The standard InChI is InChI=1S/C15H17NO.ClH/c1-2-3-4-15(16)13-6-5-12-10-14(17)8-7-11(12)9-13;/h2,5-10,15,17H,1,3-4,16H2;1H/t15-;/m0./s1. The Morgan fingerprint density at radius 2 is 1.83 bits per heavy atom. The van der Waals surface area contributed by atoms with Gasteiger partial charge >= 0.3 is 0 Å². The number of rotatable bonds is 4. The third kappa shape index (κ3) is 3.25. The molecule has 0 fully saturated rings. The molecule has 0 aliphatic carbocycles. The molecule has 0 aliphatic rings. The van der Waals surface area contributed by atoms with Crippen molar-refractivity contribution in [2.75, 3.05) is 0 Å². The average Bonchev–Trinajstić information content (AvgIpc) is 2.35. The molecule has 2 rings (SSSR count). The van der Waals surface area contributed by atoms with Gasteiger partial charge in [0.25, 0.3) is 0 Å². The molecule has 0 bridgehead atoms. The fourth-order valence-corrected chi connectivity index (χ4v) is 1.95. The van der Waals surface area contributed by atoms with E-state index in [1.54, 1.807) is 12.1 Å². The maximum atomic E-state index is 9.39. The van der Waals surface area contributed by atoms with Gasteiger partial charge in [-0.3, -0.25) is 0 Å². The molecule has 0 heterocycles. The van der Waals surface area contributed by atoms with Crippen LogP contribution in [-0.4, -0.2) is 5.11 Å². The number of aromatic hydroxyl groups is 1. The van der Waals surface area contributed by atoms with Crippen LogP contribution in [-0.2, 0) is 0 Å². The van der Waals surface area contributed by atoms with Crippen LogP contribution < -0.4 is 5.73 Å². The molecule has 0 unspecified atom stereocenters. The third-order valence-corrected chi connectivity index (χ3v) is 2.96. The largest absolute Gasteiger partial charge is 0.508 e. The Morgan fingerprint density at radius 1 is 1.17 bits per heavy atom. The minimum Gasteiger partial charge on any atom is -0.508 e. The highest BCUT2D eigenvalue weighted by molar-refractivity contribution is 5.85. The molecular weight excluding hydrogens is 246 g/mol. The molecule has 18 heavy (non-hydrogen) atoms. The Bertz CT molecular complexity index is 539. The van der Waals surface area contributed by atoms with Crippen molar-refractivity contribution in [2.24, 2.45) is 5.73 Å². The highest BCUT2D eigenvalue weighted by atomic mass is 35.5. The Labute approximate surface area is 114 Å². The summed E-state index contributed by atoms with van der Waals surface area (Å²) in [6, 6.07) is 11.5. The van der Waals surface area contributed by atoms with Crippen molar-refractivity contribution >= 4 is 23.2 Å². The molecule has 0 saturated heterocycles. The van der Waals surface area contributed by atoms with Gasteiger partial charge in [-0.25, -0.2) is 0 Å². The zero-order chi connectivity index (χ0) is 12.3. The molecule has 1 atom stereocenters. The summed E-state index contributed by atoms with van der Waals surface area (Å²) in [6.07, 6.45) is 3.72. The highest BCUT2D eigenvalue weighted by Gasteiger charge is 2.05. The van der Waals surface area contributed by atoms with E-state index in [2.05, 4.69) is 12.6 Å². The lowest BCUT2D eigenvalue weighted by Crippen LogP contribution is -2.09. The van der Waals surface area contributed by atoms with Crippen molar-refractivity contribution in [2.45, 2.75) is 18.9 Å². The summed E-state index contributed by atoms with van der Waals surface area (Å²) in [7, 11) is 0. The molecule has 96 valence electrons. The topological polar surface area (TPSA) is 46.2 Å². The summed E-state index contributed by atoms with van der Waals surface area (Å²) in [5.74, 6) is 0.293. The second-order valence-corrected chi connectivity index (χ2v) is 4.26. The molecule has 2 nitrogen and oxygen atoms in total. The normalized spacial score (nSPS) is 11.8. The zero-order valence-electron chi connectivity index (χ0n) is 10.2. The maximum absolute atomic E-state index is 9.39. The van der Waals surface area contributed by atoms with E-state index in [4.69, 9.17) is 5.73 Å². The number of benzene rings is 2. The summed E-state index contributed by atoms with van der Waals surface area (Å²) in [6.45, 7) is 3.70. The molecule has 3 heteroatoms. The van der Waals surface area contributed by atoms with Gasteiger partial charge < -0.3 is 10.8 Å². The number of fused-ring (bicyclic) bond motifs is 1. The number of hydrogen-bond acceptors (Lipinski definition) is 2. The van der Waals surface area contributed by atoms with Gasteiger partial charge in [0, 0.05) is 6.04 Å². The van der Waals surface area contributed by atoms with Gasteiger partial charge in [0.15, 0.2) is 0 Å². The summed E-state index contributed by atoms with van der Waals surface area (Å²) in [4.78, 5) is 0. The molecule has 3 N–H and O–H groups in total. The lowest BCUT2D eigenvalue weighted by molar-refractivity contribution is 0.476. The predicted molar refractivity (Wildman–Crippen MR) is 79.2 cm³/mol. The number of hydrogen-bond donors (Lipinski definition) is 2. The van der Waals surface area contributed by atoms with Crippen LogP contribution in [0.5, 0.6) is 5.75 Å². The second kappa shape index (κ2) is 6.43. The summed E-state index contributed by atoms with van der Waals surface area (Å²) < 4.78 is 0. The Kier molecular flexibility index (Phi) is 5.20. The van der Waals surface area contributed by atoms with E-state index in [0.29, 0.717) is 5.75 Å². The lowest BCUT2D eigenvalue weighted by atomic mass is 9.99. The SMILES string of the molecule is C=CCC[C@H](N)c1ccc2cc(O)ccc2c1.Cl. The Morgan fingerprint density at radius 3 is 2.56 bits per heavy atom. The number of allylic oxidation sites excluding steroid dienone is 1. The number of phenolic OH excluding ortho intramolecular Hbond substituents is 1. The fourth-order valence-electron chi connectivity index (χ4n) is 1.95. The van der Waals surface area contributed by atoms with E-state index in [1.807, 2.05) is 24.3 Å². The quantitative estimate of drug-likeness (QED) is 0.821. The molecular formula is C15H18ClNO. The van der Waals surface area contributed by atoms with Crippen molar-refractivity contribution in [3.63, 3.8) is 0 Å². The fraction of sp³-hybridized carbons (Fsp3) is 0.200. The predicted octanol–water partition coefficient (Wildman–Crippen LogP) is 3.93. The Balaban J connectivity index is 0.00000162. The van der Waals surface area contributed by atoms with Gasteiger partial charge in [-0.1, -0.05) is 24.3 Å². The molecule has 0 aromatic heterocycles. The van der Waals surface area contributed by atoms with E-state index in [0.717, 1.165) is 29.2 Å². The van der Waals surface area contributed by atoms with Crippen molar-refractivity contribution in [3.05, 3.63) is 54.6 Å². The number of halogens is 1. The molecule has 0 aliphatic heterocycles. The van der Waals surface area contributed by atoms with E-state index in [1.165, 1.54) is 0 Å². The summed E-state index contributed by atoms with van der Waals surface area (Å²) in [5, 5.41) is 11.5. The van der Waals surface area contributed by atoms with Gasteiger partial charge in [0.2, 0.25) is 0 Å². The molecule has 0 radical (unpaired) electrons. The van der Waals surface area contributed by atoms with Crippen molar-refractivity contribution < 1.29 is 5.11 Å². The molecule has 0 spiro atoms. The maximum Gasteiger partial charge on any atom is 0.116 e. The average molecular weight is 264 g/mol. The van der Waals surface area contributed by atoms with E-state index in [-0.39, 0.29) is 18.4 Å². The summed E-state index contributed by atoms with van der Waals surface area (Å²) in [5.41, 5.74) is 7.23. The van der Waals surface area contributed by atoms with Gasteiger partial charge in [0.05, 0.1) is 0 Å². The first-order valence-electron chi connectivity index (χ1n) is 5.80. The van der Waals surface area contributed by atoms with Crippen LogP contribution in [0.25, 0.3) is 10.8 Å².